The third-order valence-electron chi connectivity index (χ3n) is 6.03. The minimum absolute atomic E-state index is 0.133. The fourth-order valence-electron chi connectivity index (χ4n) is 4.04. The molecule has 0 spiro atoms. The Kier molecular flexibility index (Phi) is 10.7. The van der Waals surface area contributed by atoms with Crippen LogP contribution in [0.3, 0.4) is 0 Å². The number of piperidine rings is 1. The number of hydrogen-bond donors (Lipinski definition) is 5. The van der Waals surface area contributed by atoms with Crippen LogP contribution < -0.4 is 0 Å². The lowest BCUT2D eigenvalue weighted by atomic mass is 9.89. The molecule has 1 aromatic rings. The van der Waals surface area contributed by atoms with Gasteiger partial charge in [-0.15, -0.1) is 0 Å². The van der Waals surface area contributed by atoms with Gasteiger partial charge in [-0.05, 0) is 46.8 Å². The van der Waals surface area contributed by atoms with Gasteiger partial charge >= 0.3 is 17.9 Å². The van der Waals surface area contributed by atoms with E-state index in [-0.39, 0.29) is 5.41 Å². The van der Waals surface area contributed by atoms with Crippen molar-refractivity contribution >= 4 is 17.9 Å². The first-order valence-electron chi connectivity index (χ1n) is 11.4. The molecule has 2 heterocycles. The van der Waals surface area contributed by atoms with Crippen LogP contribution in [-0.4, -0.2) is 96.2 Å². The standard InChI is InChI=1S/C17H32N4.C6H8O7/c1-13(2)21-9-7-15(8-10-21)20(6)12-14-11-18-19-16(14)17(3,4)5;7-3(8)1-6(13,5(11)12)2-4(9)10/h11,13,15H,7-10,12H2,1-6H3,(H,18,19);13H,1-2H2,(H,7,8)(H,9,10)(H,11,12). The minimum atomic E-state index is -2.74. The third-order valence-corrected chi connectivity index (χ3v) is 6.03. The maximum atomic E-state index is 10.3. The molecule has 0 bridgehead atoms. The fourth-order valence-corrected chi connectivity index (χ4v) is 4.04. The van der Waals surface area contributed by atoms with Crippen molar-refractivity contribution in [3.63, 3.8) is 0 Å². The van der Waals surface area contributed by atoms with Crippen LogP contribution >= 0.6 is 0 Å². The molecule has 0 unspecified atom stereocenters. The Morgan fingerprint density at radius 3 is 2.00 bits per heavy atom. The highest BCUT2D eigenvalue weighted by Crippen LogP contribution is 2.26. The summed E-state index contributed by atoms with van der Waals surface area (Å²) in [7, 11) is 2.26. The fraction of sp³-hybridized carbons (Fsp3) is 0.739. The lowest BCUT2D eigenvalue weighted by molar-refractivity contribution is -0.170. The van der Waals surface area contributed by atoms with E-state index in [2.05, 4.69) is 61.7 Å². The van der Waals surface area contributed by atoms with Gasteiger partial charge in [0.05, 0.1) is 19.0 Å². The second-order valence-corrected chi connectivity index (χ2v) is 10.3. The van der Waals surface area contributed by atoms with Gasteiger partial charge in [-0.25, -0.2) is 4.79 Å². The first-order valence-corrected chi connectivity index (χ1v) is 11.4. The number of carbonyl (C=O) groups is 3. The van der Waals surface area contributed by atoms with Crippen LogP contribution in [0.25, 0.3) is 0 Å². The summed E-state index contributed by atoms with van der Waals surface area (Å²) in [5.74, 6) is -5.02. The first-order chi connectivity index (χ1) is 15.6. The summed E-state index contributed by atoms with van der Waals surface area (Å²) in [6.07, 6.45) is 2.26. The number of aromatic nitrogens is 2. The molecule has 34 heavy (non-hydrogen) atoms. The van der Waals surface area contributed by atoms with E-state index >= 15 is 0 Å². The molecule has 11 heteroatoms. The van der Waals surface area contributed by atoms with Crippen molar-refractivity contribution in [2.24, 2.45) is 0 Å². The van der Waals surface area contributed by atoms with E-state index in [1.807, 2.05) is 6.20 Å². The lowest BCUT2D eigenvalue weighted by Gasteiger charge is -2.38. The van der Waals surface area contributed by atoms with Gasteiger partial charge in [-0.3, -0.25) is 19.6 Å². The van der Waals surface area contributed by atoms with Crippen molar-refractivity contribution in [2.45, 2.75) is 89.9 Å². The van der Waals surface area contributed by atoms with Gasteiger partial charge in [0.1, 0.15) is 0 Å². The van der Waals surface area contributed by atoms with Crippen molar-refractivity contribution in [3.8, 4) is 0 Å². The summed E-state index contributed by atoms with van der Waals surface area (Å²) in [5, 5.41) is 41.3. The van der Waals surface area contributed by atoms with Crippen LogP contribution in [0.5, 0.6) is 0 Å². The molecule has 0 atom stereocenters. The van der Waals surface area contributed by atoms with E-state index in [0.717, 1.165) is 6.54 Å². The van der Waals surface area contributed by atoms with Crippen LogP contribution in [0.4, 0.5) is 0 Å². The van der Waals surface area contributed by atoms with Gasteiger partial charge in [-0.1, -0.05) is 20.8 Å². The number of nitrogens with zero attached hydrogens (tertiary/aromatic N) is 3. The van der Waals surface area contributed by atoms with E-state index in [0.29, 0.717) is 12.1 Å². The minimum Gasteiger partial charge on any atom is -0.481 e. The Labute approximate surface area is 200 Å². The van der Waals surface area contributed by atoms with Crippen LogP contribution in [0.15, 0.2) is 6.20 Å². The van der Waals surface area contributed by atoms with E-state index in [1.54, 1.807) is 0 Å². The molecule has 5 N–H and O–H groups in total. The molecule has 11 nitrogen and oxygen atoms in total. The SMILES string of the molecule is CC(C)N1CCC(N(C)Cc2cn[nH]c2C(C)(C)C)CC1.O=C(O)CC(O)(CC(=O)O)C(=O)O. The predicted molar refractivity (Wildman–Crippen MR) is 126 cm³/mol. The summed E-state index contributed by atoms with van der Waals surface area (Å²) >= 11 is 0. The number of carboxylic acid groups (broad SMARTS) is 3. The van der Waals surface area contributed by atoms with Gasteiger partial charge in [0.15, 0.2) is 5.60 Å². The molecule has 1 fully saturated rings. The Bertz CT molecular complexity index is 808. The summed E-state index contributed by atoms with van der Waals surface area (Å²) in [6.45, 7) is 14.8. The number of aliphatic hydroxyl groups is 1. The highest BCUT2D eigenvalue weighted by Gasteiger charge is 2.40. The lowest BCUT2D eigenvalue weighted by Crippen LogP contribution is -2.45. The highest BCUT2D eigenvalue weighted by atomic mass is 16.4. The molecule has 0 aliphatic carbocycles. The number of hydrogen-bond acceptors (Lipinski definition) is 7. The van der Waals surface area contributed by atoms with Gasteiger partial charge in [-0.2, -0.15) is 5.10 Å². The molecule has 1 aliphatic heterocycles. The van der Waals surface area contributed by atoms with Crippen molar-refractivity contribution in [1.29, 1.82) is 0 Å². The number of aromatic amines is 1. The van der Waals surface area contributed by atoms with Gasteiger partial charge in [0, 0.05) is 35.3 Å². The second-order valence-electron chi connectivity index (χ2n) is 10.3. The monoisotopic (exact) mass is 484 g/mol. The number of likely N-dealkylation sites (tertiary alicyclic amines) is 1. The molecule has 0 aromatic carbocycles. The molecular weight excluding hydrogens is 444 g/mol. The Hall–Kier alpha value is -2.50. The Balaban J connectivity index is 0.000000385. The van der Waals surface area contributed by atoms with Crippen LogP contribution in [0.1, 0.15) is 71.6 Å². The molecule has 194 valence electrons. The summed E-state index contributed by atoms with van der Waals surface area (Å²) in [4.78, 5) is 35.6. The molecule has 1 saturated heterocycles. The maximum Gasteiger partial charge on any atom is 0.336 e. The summed E-state index contributed by atoms with van der Waals surface area (Å²) in [5.41, 5.74) is 0.0102. The zero-order chi connectivity index (χ0) is 26.3. The third kappa shape index (κ3) is 9.03. The maximum absolute atomic E-state index is 10.3. The predicted octanol–water partition coefficient (Wildman–Crippen LogP) is 1.76. The topological polar surface area (TPSA) is 167 Å². The number of carboxylic acids is 3. The first kappa shape index (κ1) is 29.5. The smallest absolute Gasteiger partial charge is 0.336 e. The van der Waals surface area contributed by atoms with Crippen molar-refractivity contribution in [1.82, 2.24) is 20.0 Å². The molecule has 1 aromatic heterocycles. The molecule has 0 saturated carbocycles. The average molecular weight is 485 g/mol. The summed E-state index contributed by atoms with van der Waals surface area (Å²) < 4.78 is 0. The number of nitrogens with one attached hydrogen (secondary N) is 1. The van der Waals surface area contributed by atoms with Crippen molar-refractivity contribution in [2.75, 3.05) is 20.1 Å². The van der Waals surface area contributed by atoms with Crippen LogP contribution in [0.2, 0.25) is 0 Å². The van der Waals surface area contributed by atoms with Crippen molar-refractivity contribution in [3.05, 3.63) is 17.5 Å². The van der Waals surface area contributed by atoms with Gasteiger partial charge in [0.2, 0.25) is 0 Å². The molecule has 1 aliphatic rings. The normalized spacial score (nSPS) is 15.8. The van der Waals surface area contributed by atoms with Crippen LogP contribution in [0, 0.1) is 0 Å². The molecule has 0 amide bonds. The number of aliphatic carboxylic acids is 3. The van der Waals surface area contributed by atoms with E-state index in [1.165, 1.54) is 37.2 Å². The second kappa shape index (κ2) is 12.3. The Morgan fingerprint density at radius 1 is 1.12 bits per heavy atom. The summed E-state index contributed by atoms with van der Waals surface area (Å²) in [6, 6.07) is 1.38. The van der Waals surface area contributed by atoms with E-state index in [9.17, 15) is 14.4 Å². The van der Waals surface area contributed by atoms with Crippen LogP contribution in [-0.2, 0) is 26.3 Å². The zero-order valence-corrected chi connectivity index (χ0v) is 21.0. The number of rotatable bonds is 9. The van der Waals surface area contributed by atoms with Crippen molar-refractivity contribution < 1.29 is 34.8 Å². The molecule has 0 radical (unpaired) electrons. The van der Waals surface area contributed by atoms with Gasteiger partial charge < -0.3 is 25.3 Å². The van der Waals surface area contributed by atoms with Gasteiger partial charge in [0.25, 0.3) is 0 Å². The largest absolute Gasteiger partial charge is 0.481 e. The highest BCUT2D eigenvalue weighted by molar-refractivity contribution is 5.88. The molecular formula is C23H40N4O7. The quantitative estimate of drug-likeness (QED) is 0.348. The Morgan fingerprint density at radius 2 is 1.62 bits per heavy atom. The zero-order valence-electron chi connectivity index (χ0n) is 21.0. The average Bonchev–Trinajstić information content (AvgIpc) is 3.15. The van der Waals surface area contributed by atoms with E-state index in [4.69, 9.17) is 20.4 Å². The number of H-pyrrole nitrogens is 1. The molecule has 2 rings (SSSR count). The van der Waals surface area contributed by atoms with E-state index < -0.39 is 36.4 Å².